The van der Waals surface area contributed by atoms with Gasteiger partial charge >= 0.3 is 0 Å². The van der Waals surface area contributed by atoms with Crippen molar-refractivity contribution in [1.29, 1.82) is 5.41 Å². The number of carbonyl (C=O) groups excluding carboxylic acids is 2. The minimum absolute atomic E-state index is 0.0706. The number of nitrogens with one attached hydrogen (secondary N) is 2. The second-order valence-electron chi connectivity index (χ2n) is 12.0. The average Bonchev–Trinajstić information content (AvgIpc) is 3.48. The number of hydrogen-bond donors (Lipinski definition) is 3. The van der Waals surface area contributed by atoms with Crippen LogP contribution in [0.1, 0.15) is 60.4 Å². The van der Waals surface area contributed by atoms with E-state index in [2.05, 4.69) is 5.32 Å². The minimum atomic E-state index is -4.17. The first-order chi connectivity index (χ1) is 20.3. The normalized spacial score (nSPS) is 18.4. The molecule has 4 rings (SSSR count). The van der Waals surface area contributed by atoms with Crippen molar-refractivity contribution >= 4 is 33.5 Å². The molecule has 2 saturated heterocycles. The van der Waals surface area contributed by atoms with E-state index in [1.54, 1.807) is 36.1 Å². The number of carbonyl (C=O) groups is 2. The Morgan fingerprint density at radius 3 is 2.07 bits per heavy atom. The fourth-order valence-electron chi connectivity index (χ4n) is 6.48. The standard InChI is InChI=1S/C32H46N6O4S/c1-20-21(2)23(4)29(24(5)22(20)3)43(41,42)38(27-11-8-7-9-12-27)25(6)31(40)37-16-10-13-28(37)30(39)35-19-26-14-17-36(18-15-26)32(33)34/h7-9,11-12,25-26,28H,10,13-19H2,1-6H3,(H3,33,34)(H,35,39)/t25-,28-/m0/s1. The molecule has 234 valence electrons. The third-order valence-corrected chi connectivity index (χ3v) is 11.7. The van der Waals surface area contributed by atoms with Crippen molar-refractivity contribution in [3.8, 4) is 0 Å². The van der Waals surface area contributed by atoms with Crippen LogP contribution in [-0.4, -0.2) is 74.3 Å². The first-order valence-corrected chi connectivity index (χ1v) is 16.5. The van der Waals surface area contributed by atoms with Crippen LogP contribution in [0.5, 0.6) is 0 Å². The summed E-state index contributed by atoms with van der Waals surface area (Å²) >= 11 is 0. The number of anilines is 1. The number of benzene rings is 2. The van der Waals surface area contributed by atoms with Gasteiger partial charge in [0, 0.05) is 26.2 Å². The molecule has 2 heterocycles. The van der Waals surface area contributed by atoms with E-state index in [4.69, 9.17) is 11.1 Å². The first kappa shape index (κ1) is 32.3. The molecule has 2 amide bonds. The summed E-state index contributed by atoms with van der Waals surface area (Å²) in [6, 6.07) is 7.00. The zero-order valence-corrected chi connectivity index (χ0v) is 27.1. The van der Waals surface area contributed by atoms with Gasteiger partial charge in [0.15, 0.2) is 5.96 Å². The van der Waals surface area contributed by atoms with Crippen LogP contribution in [0.15, 0.2) is 35.2 Å². The van der Waals surface area contributed by atoms with Gasteiger partial charge in [-0.2, -0.15) is 0 Å². The fourth-order valence-corrected chi connectivity index (χ4v) is 8.66. The smallest absolute Gasteiger partial charge is 0.265 e. The minimum Gasteiger partial charge on any atom is -0.370 e. The maximum absolute atomic E-state index is 14.6. The number of para-hydroxylation sites is 1. The summed E-state index contributed by atoms with van der Waals surface area (Å²) in [5, 5.41) is 10.7. The van der Waals surface area contributed by atoms with E-state index in [9.17, 15) is 18.0 Å². The maximum Gasteiger partial charge on any atom is 0.265 e. The van der Waals surface area contributed by atoms with Gasteiger partial charge in [-0.25, -0.2) is 8.42 Å². The molecule has 43 heavy (non-hydrogen) atoms. The van der Waals surface area contributed by atoms with E-state index in [0.29, 0.717) is 55.8 Å². The molecule has 2 aliphatic heterocycles. The van der Waals surface area contributed by atoms with Crippen LogP contribution in [0.4, 0.5) is 5.69 Å². The largest absolute Gasteiger partial charge is 0.370 e. The molecular weight excluding hydrogens is 564 g/mol. The summed E-state index contributed by atoms with van der Waals surface area (Å²) in [5.74, 6) is -0.259. The third kappa shape index (κ3) is 6.37. The highest BCUT2D eigenvalue weighted by Gasteiger charge is 2.42. The Bertz CT molecular complexity index is 1460. The highest BCUT2D eigenvalue weighted by atomic mass is 32.2. The van der Waals surface area contributed by atoms with E-state index in [-0.39, 0.29) is 22.7 Å². The number of hydrogen-bond acceptors (Lipinski definition) is 5. The molecule has 0 spiro atoms. The van der Waals surface area contributed by atoms with Gasteiger partial charge < -0.3 is 20.9 Å². The topological polar surface area (TPSA) is 140 Å². The van der Waals surface area contributed by atoms with E-state index in [1.807, 2.05) is 45.6 Å². The van der Waals surface area contributed by atoms with Crippen LogP contribution < -0.4 is 15.4 Å². The van der Waals surface area contributed by atoms with Crippen LogP contribution >= 0.6 is 0 Å². The molecule has 0 saturated carbocycles. The van der Waals surface area contributed by atoms with Crippen molar-refractivity contribution < 1.29 is 18.0 Å². The predicted molar refractivity (Wildman–Crippen MR) is 170 cm³/mol. The number of nitrogens with two attached hydrogens (primary N) is 1. The van der Waals surface area contributed by atoms with Gasteiger partial charge in [-0.15, -0.1) is 0 Å². The lowest BCUT2D eigenvalue weighted by Crippen LogP contribution is -2.54. The Morgan fingerprint density at radius 2 is 1.51 bits per heavy atom. The Labute approximate surface area is 256 Å². The molecule has 0 aliphatic carbocycles. The average molecular weight is 611 g/mol. The van der Waals surface area contributed by atoms with Gasteiger partial charge in [-0.05, 0) is 113 Å². The SMILES string of the molecule is Cc1c(C)c(C)c(S(=O)(=O)N(c2ccccc2)[C@@H](C)C(=O)N2CCC[C@H]2C(=O)NCC2CCN(C(=N)N)CC2)c(C)c1C. The van der Waals surface area contributed by atoms with Gasteiger partial charge in [0.25, 0.3) is 10.0 Å². The van der Waals surface area contributed by atoms with Crippen molar-refractivity contribution in [2.45, 2.75) is 84.2 Å². The lowest BCUT2D eigenvalue weighted by Gasteiger charge is -2.35. The number of likely N-dealkylation sites (tertiary alicyclic amines) is 2. The third-order valence-electron chi connectivity index (χ3n) is 9.53. The van der Waals surface area contributed by atoms with Gasteiger partial charge in [-0.3, -0.25) is 19.3 Å². The van der Waals surface area contributed by atoms with Crippen molar-refractivity contribution in [3.63, 3.8) is 0 Å². The lowest BCUT2D eigenvalue weighted by molar-refractivity contribution is -0.139. The molecule has 2 aromatic rings. The van der Waals surface area contributed by atoms with E-state index < -0.39 is 28.0 Å². The summed E-state index contributed by atoms with van der Waals surface area (Å²) in [6.07, 6.45) is 2.84. The molecule has 0 unspecified atom stereocenters. The fraction of sp³-hybridized carbons (Fsp3) is 0.531. The zero-order chi connectivity index (χ0) is 31.6. The van der Waals surface area contributed by atoms with E-state index in [0.717, 1.165) is 29.5 Å². The number of sulfonamides is 1. The van der Waals surface area contributed by atoms with Crippen molar-refractivity contribution in [1.82, 2.24) is 15.1 Å². The summed E-state index contributed by atoms with van der Waals surface area (Å²) in [7, 11) is -4.17. The number of guanidine groups is 1. The summed E-state index contributed by atoms with van der Waals surface area (Å²) in [4.78, 5) is 31.1. The Hall–Kier alpha value is -3.60. The predicted octanol–water partition coefficient (Wildman–Crippen LogP) is 3.53. The van der Waals surface area contributed by atoms with Crippen molar-refractivity contribution in [2.75, 3.05) is 30.5 Å². The molecule has 2 fully saturated rings. The monoisotopic (exact) mass is 610 g/mol. The molecule has 0 bridgehead atoms. The highest BCUT2D eigenvalue weighted by molar-refractivity contribution is 7.93. The molecule has 0 radical (unpaired) electrons. The lowest BCUT2D eigenvalue weighted by atomic mass is 9.95. The summed E-state index contributed by atoms with van der Waals surface area (Å²) < 4.78 is 30.4. The van der Waals surface area contributed by atoms with Crippen molar-refractivity contribution in [2.24, 2.45) is 11.7 Å². The number of amides is 2. The second kappa shape index (κ2) is 13.0. The molecular formula is C32H46N6O4S. The van der Waals surface area contributed by atoms with Gasteiger partial charge in [0.05, 0.1) is 10.6 Å². The van der Waals surface area contributed by atoms with Gasteiger partial charge in [0.2, 0.25) is 11.8 Å². The van der Waals surface area contributed by atoms with Gasteiger partial charge in [0.1, 0.15) is 12.1 Å². The molecule has 10 nitrogen and oxygen atoms in total. The van der Waals surface area contributed by atoms with E-state index >= 15 is 0 Å². The number of nitrogens with zero attached hydrogens (tertiary/aromatic N) is 3. The van der Waals surface area contributed by atoms with Crippen LogP contribution in [0.2, 0.25) is 0 Å². The molecule has 2 atom stereocenters. The Morgan fingerprint density at radius 1 is 0.953 bits per heavy atom. The van der Waals surface area contributed by atoms with Crippen LogP contribution in [0.3, 0.4) is 0 Å². The Balaban J connectivity index is 1.59. The van der Waals surface area contributed by atoms with Crippen LogP contribution in [0.25, 0.3) is 0 Å². The maximum atomic E-state index is 14.6. The van der Waals surface area contributed by atoms with E-state index in [1.165, 1.54) is 4.31 Å². The second-order valence-corrected chi connectivity index (χ2v) is 13.8. The van der Waals surface area contributed by atoms with Crippen LogP contribution in [-0.2, 0) is 19.6 Å². The summed E-state index contributed by atoms with van der Waals surface area (Å²) in [5.41, 5.74) is 10.2. The Kier molecular flexibility index (Phi) is 9.73. The zero-order valence-electron chi connectivity index (χ0n) is 26.2. The molecule has 2 aromatic carbocycles. The molecule has 11 heteroatoms. The molecule has 4 N–H and O–H groups in total. The number of piperidine rings is 1. The molecule has 2 aliphatic rings. The van der Waals surface area contributed by atoms with Gasteiger partial charge in [-0.1, -0.05) is 18.2 Å². The number of rotatable bonds is 8. The molecule has 0 aromatic heterocycles. The highest BCUT2D eigenvalue weighted by Crippen LogP contribution is 2.35. The quantitative estimate of drug-likeness (QED) is 0.309. The first-order valence-electron chi connectivity index (χ1n) is 15.1. The van der Waals surface area contributed by atoms with Crippen LogP contribution in [0, 0.1) is 45.9 Å². The summed E-state index contributed by atoms with van der Waals surface area (Å²) in [6.45, 7) is 13.4. The van der Waals surface area contributed by atoms with Crippen molar-refractivity contribution in [3.05, 3.63) is 58.1 Å².